The third kappa shape index (κ3) is 3.43. The van der Waals surface area contributed by atoms with Gasteiger partial charge in [-0.3, -0.25) is 9.42 Å². The molecule has 1 rings (SSSR count). The number of ether oxygens (including phenoxy) is 1. The third-order valence-electron chi connectivity index (χ3n) is 1.33. The average Bonchev–Trinajstić information content (AvgIpc) is 2.28. The molecule has 2 N–H and O–H groups in total. The van der Waals surface area contributed by atoms with Crippen LogP contribution >= 0.6 is 11.6 Å². The summed E-state index contributed by atoms with van der Waals surface area (Å²) in [6.07, 6.45) is -3.29. The highest BCUT2D eigenvalue weighted by Crippen LogP contribution is 2.17. The molecule has 14 heavy (non-hydrogen) atoms. The van der Waals surface area contributed by atoms with Crippen molar-refractivity contribution in [3.8, 4) is 0 Å². The predicted octanol–water partition coefficient (Wildman–Crippen LogP) is 1.66. The minimum atomic E-state index is -4.62. The molecular weight excluding hydrogens is 223 g/mol. The number of alkyl halides is 3. The number of nitrogen functional groups attached to an aromatic ring is 1. The van der Waals surface area contributed by atoms with E-state index in [0.717, 1.165) is 0 Å². The first-order chi connectivity index (χ1) is 6.38. The lowest BCUT2D eigenvalue weighted by Gasteiger charge is -2.06. The Hall–Kier alpha value is -0.950. The van der Waals surface area contributed by atoms with E-state index in [9.17, 15) is 13.2 Å². The molecule has 0 amide bonds. The van der Waals surface area contributed by atoms with Crippen molar-refractivity contribution in [3.63, 3.8) is 0 Å². The van der Waals surface area contributed by atoms with E-state index in [1.165, 1.54) is 10.9 Å². The van der Waals surface area contributed by atoms with Crippen LogP contribution in [0.1, 0.15) is 0 Å². The van der Waals surface area contributed by atoms with Crippen molar-refractivity contribution in [2.45, 2.75) is 12.9 Å². The number of hydrogen-bond acceptors (Lipinski definition) is 3. The summed E-state index contributed by atoms with van der Waals surface area (Å²) in [7, 11) is 0. The second-order valence-electron chi connectivity index (χ2n) is 2.42. The maximum atomic E-state index is 11.5. The first-order valence-electron chi connectivity index (χ1n) is 3.57. The van der Waals surface area contributed by atoms with Gasteiger partial charge in [0.1, 0.15) is 5.02 Å². The Balaban J connectivity index is 2.39. The Morgan fingerprint density at radius 1 is 1.57 bits per heavy atom. The topological polar surface area (TPSA) is 53.1 Å². The summed E-state index contributed by atoms with van der Waals surface area (Å²) < 4.78 is 39.3. The van der Waals surface area contributed by atoms with E-state index in [1.54, 1.807) is 0 Å². The Bertz CT molecular complexity index is 292. The quantitative estimate of drug-likeness (QED) is 0.858. The van der Waals surface area contributed by atoms with E-state index in [0.29, 0.717) is 0 Å². The lowest BCUT2D eigenvalue weighted by molar-refractivity contribution is -0.325. The zero-order chi connectivity index (χ0) is 10.8. The van der Waals surface area contributed by atoms with Gasteiger partial charge in [-0.15, -0.1) is 13.2 Å². The highest BCUT2D eigenvalue weighted by atomic mass is 35.5. The lowest BCUT2D eigenvalue weighted by atomic mass is 10.6. The normalized spacial score (nSPS) is 12.0. The molecule has 1 heterocycles. The second kappa shape index (κ2) is 4.05. The molecule has 1 aromatic heterocycles. The van der Waals surface area contributed by atoms with Crippen molar-refractivity contribution in [2.24, 2.45) is 0 Å². The molecule has 0 saturated heterocycles. The molecule has 0 aliphatic heterocycles. The number of nitrogens with two attached hydrogens (primary N) is 1. The van der Waals surface area contributed by atoms with Gasteiger partial charge in [0, 0.05) is 6.20 Å². The van der Waals surface area contributed by atoms with Crippen LogP contribution in [-0.4, -0.2) is 22.7 Å². The Labute approximate surface area is 82.4 Å². The predicted molar refractivity (Wildman–Crippen MR) is 43.7 cm³/mol. The molecule has 0 fully saturated rings. The van der Waals surface area contributed by atoms with Crippen molar-refractivity contribution >= 4 is 17.4 Å². The zero-order valence-electron chi connectivity index (χ0n) is 6.88. The second-order valence-corrected chi connectivity index (χ2v) is 2.83. The Kier molecular flexibility index (Phi) is 3.22. The molecule has 80 valence electrons. The minimum absolute atomic E-state index is 0.0591. The Morgan fingerprint density at radius 3 is 2.64 bits per heavy atom. The summed E-state index contributed by atoms with van der Waals surface area (Å²) in [5, 5.41) is 3.85. The van der Waals surface area contributed by atoms with Crippen LogP contribution in [0, 0.1) is 0 Å². The van der Waals surface area contributed by atoms with Gasteiger partial charge in [0.25, 0.3) is 0 Å². The van der Waals surface area contributed by atoms with E-state index in [4.69, 9.17) is 17.3 Å². The van der Waals surface area contributed by atoms with Gasteiger partial charge in [0.05, 0.1) is 13.2 Å². The monoisotopic (exact) mass is 229 g/mol. The average molecular weight is 230 g/mol. The van der Waals surface area contributed by atoms with Crippen LogP contribution in [-0.2, 0) is 11.3 Å². The zero-order valence-corrected chi connectivity index (χ0v) is 7.64. The number of rotatable bonds is 3. The highest BCUT2D eigenvalue weighted by Gasteiger charge is 2.28. The summed E-state index contributed by atoms with van der Waals surface area (Å²) in [5.41, 5.74) is 5.27. The van der Waals surface area contributed by atoms with Gasteiger partial charge in [-0.25, -0.2) is 0 Å². The standard InChI is InChI=1S/C6H7ClF3N3O/c7-4-3-13(12-5(4)11)1-2-14-6(8,9)10/h3H,1-2H2,(H2,11,12). The van der Waals surface area contributed by atoms with Crippen molar-refractivity contribution in [3.05, 3.63) is 11.2 Å². The fourth-order valence-electron chi connectivity index (χ4n) is 0.781. The van der Waals surface area contributed by atoms with Crippen molar-refractivity contribution in [2.75, 3.05) is 12.3 Å². The number of anilines is 1. The van der Waals surface area contributed by atoms with Crippen molar-refractivity contribution in [1.82, 2.24) is 9.78 Å². The smallest absolute Gasteiger partial charge is 0.381 e. The van der Waals surface area contributed by atoms with E-state index in [-0.39, 0.29) is 17.4 Å². The molecule has 1 aromatic rings. The highest BCUT2D eigenvalue weighted by molar-refractivity contribution is 6.32. The van der Waals surface area contributed by atoms with Gasteiger partial charge in [-0.2, -0.15) is 5.10 Å². The SMILES string of the molecule is Nc1nn(CCOC(F)(F)F)cc1Cl. The maximum Gasteiger partial charge on any atom is 0.522 e. The van der Waals surface area contributed by atoms with E-state index >= 15 is 0 Å². The van der Waals surface area contributed by atoms with E-state index in [2.05, 4.69) is 9.84 Å². The molecule has 4 nitrogen and oxygen atoms in total. The molecule has 8 heteroatoms. The van der Waals surface area contributed by atoms with Crippen LogP contribution in [0.5, 0.6) is 0 Å². The van der Waals surface area contributed by atoms with Gasteiger partial charge in [-0.05, 0) is 0 Å². The van der Waals surface area contributed by atoms with Gasteiger partial charge in [0.2, 0.25) is 0 Å². The Morgan fingerprint density at radius 2 is 2.21 bits per heavy atom. The molecule has 0 aliphatic carbocycles. The fourth-order valence-corrected chi connectivity index (χ4v) is 0.932. The van der Waals surface area contributed by atoms with E-state index < -0.39 is 13.0 Å². The molecule has 0 aromatic carbocycles. The van der Waals surface area contributed by atoms with Crippen LogP contribution in [0.15, 0.2) is 6.20 Å². The molecule has 0 unspecified atom stereocenters. The van der Waals surface area contributed by atoms with Crippen molar-refractivity contribution < 1.29 is 17.9 Å². The first-order valence-corrected chi connectivity index (χ1v) is 3.95. The summed E-state index contributed by atoms with van der Waals surface area (Å²) in [6, 6.07) is 0. The summed E-state index contributed by atoms with van der Waals surface area (Å²) in [5.74, 6) is 0.0821. The van der Waals surface area contributed by atoms with Gasteiger partial charge < -0.3 is 5.73 Å². The number of aromatic nitrogens is 2. The van der Waals surface area contributed by atoms with Crippen LogP contribution in [0.4, 0.5) is 19.0 Å². The number of hydrogen-bond donors (Lipinski definition) is 1. The van der Waals surface area contributed by atoms with Crippen LogP contribution in [0.3, 0.4) is 0 Å². The molecule has 0 aliphatic rings. The number of halogens is 4. The fraction of sp³-hybridized carbons (Fsp3) is 0.500. The van der Waals surface area contributed by atoms with Crippen LogP contribution in [0.2, 0.25) is 5.02 Å². The van der Waals surface area contributed by atoms with Crippen LogP contribution < -0.4 is 5.73 Å². The first kappa shape index (κ1) is 11.1. The summed E-state index contributed by atoms with van der Waals surface area (Å²) >= 11 is 5.53. The van der Waals surface area contributed by atoms with Crippen molar-refractivity contribution in [1.29, 1.82) is 0 Å². The summed E-state index contributed by atoms with van der Waals surface area (Å²) in [6.45, 7) is -0.586. The maximum absolute atomic E-state index is 11.5. The molecule has 0 saturated carbocycles. The minimum Gasteiger partial charge on any atom is -0.381 e. The van der Waals surface area contributed by atoms with E-state index in [1.807, 2.05) is 0 Å². The largest absolute Gasteiger partial charge is 0.522 e. The number of nitrogens with zero attached hydrogens (tertiary/aromatic N) is 2. The molecule has 0 bridgehead atoms. The molecule has 0 spiro atoms. The summed E-state index contributed by atoms with van der Waals surface area (Å²) in [4.78, 5) is 0. The lowest BCUT2D eigenvalue weighted by Crippen LogP contribution is -2.17. The van der Waals surface area contributed by atoms with Crippen LogP contribution in [0.25, 0.3) is 0 Å². The molecule has 0 radical (unpaired) electrons. The molecular formula is C6H7ClF3N3O. The van der Waals surface area contributed by atoms with Gasteiger partial charge in [-0.1, -0.05) is 11.6 Å². The van der Waals surface area contributed by atoms with Gasteiger partial charge >= 0.3 is 6.36 Å². The van der Waals surface area contributed by atoms with Gasteiger partial charge in [0.15, 0.2) is 5.82 Å². The molecule has 0 atom stereocenters. The third-order valence-corrected chi connectivity index (χ3v) is 1.62.